The maximum Gasteiger partial charge on any atom is 0.313 e. The van der Waals surface area contributed by atoms with Gasteiger partial charge in [0, 0.05) is 5.75 Å². The third-order valence-corrected chi connectivity index (χ3v) is 9.46. The number of hydrogen-bond acceptors (Lipinski definition) is 3. The van der Waals surface area contributed by atoms with Crippen LogP contribution in [0.5, 0.6) is 0 Å². The van der Waals surface area contributed by atoms with Gasteiger partial charge in [-0.25, -0.2) is 4.39 Å². The van der Waals surface area contributed by atoms with Crippen molar-refractivity contribution >= 4 is 26.0 Å². The van der Waals surface area contributed by atoms with Gasteiger partial charge in [0.05, 0.1) is 11.9 Å². The van der Waals surface area contributed by atoms with E-state index in [4.69, 9.17) is 9.53 Å². The molecule has 1 aromatic rings. The largest absolute Gasteiger partial charge is 0.481 e. The minimum absolute atomic E-state index is 0.0402. The molecular formula is C16H25FO3SSi. The van der Waals surface area contributed by atoms with Gasteiger partial charge in [0.1, 0.15) is 5.82 Å². The van der Waals surface area contributed by atoms with Crippen LogP contribution in [-0.4, -0.2) is 30.9 Å². The van der Waals surface area contributed by atoms with Crippen LogP contribution in [0.1, 0.15) is 32.4 Å². The summed E-state index contributed by atoms with van der Waals surface area (Å²) in [6, 6.07) is 6.27. The topological polar surface area (TPSA) is 46.5 Å². The summed E-state index contributed by atoms with van der Waals surface area (Å²) in [5.74, 6) is -0.536. The fourth-order valence-corrected chi connectivity index (χ4v) is 3.83. The molecule has 0 aliphatic heterocycles. The van der Waals surface area contributed by atoms with Gasteiger partial charge in [-0.1, -0.05) is 32.9 Å². The van der Waals surface area contributed by atoms with Gasteiger partial charge in [0.15, 0.2) is 8.32 Å². The Balaban J connectivity index is 2.91. The molecule has 1 atom stereocenters. The van der Waals surface area contributed by atoms with E-state index in [1.54, 1.807) is 12.1 Å². The van der Waals surface area contributed by atoms with Crippen LogP contribution in [0.3, 0.4) is 0 Å². The van der Waals surface area contributed by atoms with Gasteiger partial charge in [0.2, 0.25) is 0 Å². The fourth-order valence-electron chi connectivity index (χ4n) is 1.66. The Labute approximate surface area is 137 Å². The van der Waals surface area contributed by atoms with Crippen LogP contribution in [-0.2, 0) is 9.22 Å². The number of carbonyl (C=O) groups is 1. The highest BCUT2D eigenvalue weighted by atomic mass is 32.2. The minimum atomic E-state index is -2.00. The highest BCUT2D eigenvalue weighted by molar-refractivity contribution is 7.99. The quantitative estimate of drug-likeness (QED) is 0.728. The first-order valence-electron chi connectivity index (χ1n) is 7.26. The van der Waals surface area contributed by atoms with Crippen molar-refractivity contribution in [1.82, 2.24) is 0 Å². The number of carboxylic acids is 1. The van der Waals surface area contributed by atoms with Gasteiger partial charge in [-0.05, 0) is 35.8 Å². The molecule has 0 spiro atoms. The van der Waals surface area contributed by atoms with E-state index in [0.717, 1.165) is 5.56 Å². The molecule has 6 heteroatoms. The van der Waals surface area contributed by atoms with Gasteiger partial charge in [0.25, 0.3) is 0 Å². The van der Waals surface area contributed by atoms with Crippen molar-refractivity contribution in [3.8, 4) is 0 Å². The minimum Gasteiger partial charge on any atom is -0.481 e. The van der Waals surface area contributed by atoms with Crippen LogP contribution in [0, 0.1) is 5.82 Å². The summed E-state index contributed by atoms with van der Waals surface area (Å²) in [4.78, 5) is 10.7. The Morgan fingerprint density at radius 1 is 1.32 bits per heavy atom. The third-order valence-electron chi connectivity index (χ3n) is 3.98. The first-order chi connectivity index (χ1) is 10.0. The number of thioether (sulfide) groups is 1. The number of halogens is 1. The Morgan fingerprint density at radius 3 is 2.32 bits per heavy atom. The zero-order chi connectivity index (χ0) is 17.0. The highest BCUT2D eigenvalue weighted by Gasteiger charge is 2.39. The summed E-state index contributed by atoms with van der Waals surface area (Å²) in [5, 5.41) is 8.85. The average molecular weight is 345 g/mol. The van der Waals surface area contributed by atoms with Crippen LogP contribution < -0.4 is 0 Å². The molecule has 1 aromatic carbocycles. The highest BCUT2D eigenvalue weighted by Crippen LogP contribution is 2.40. The zero-order valence-electron chi connectivity index (χ0n) is 13.9. The first kappa shape index (κ1) is 19.2. The van der Waals surface area contributed by atoms with E-state index in [1.165, 1.54) is 23.9 Å². The molecule has 0 fully saturated rings. The van der Waals surface area contributed by atoms with Crippen LogP contribution >= 0.6 is 11.8 Å². The lowest BCUT2D eigenvalue weighted by Crippen LogP contribution is -2.42. The molecule has 0 heterocycles. The van der Waals surface area contributed by atoms with E-state index in [9.17, 15) is 9.18 Å². The second-order valence-electron chi connectivity index (χ2n) is 6.83. The molecule has 0 saturated heterocycles. The number of carboxylic acid groups (broad SMARTS) is 1. The van der Waals surface area contributed by atoms with E-state index in [2.05, 4.69) is 33.9 Å². The molecule has 0 bridgehead atoms. The Kier molecular flexibility index (Phi) is 6.64. The van der Waals surface area contributed by atoms with Gasteiger partial charge < -0.3 is 9.53 Å². The number of hydrogen-bond donors (Lipinski definition) is 1. The van der Waals surface area contributed by atoms with Gasteiger partial charge in [-0.2, -0.15) is 0 Å². The third kappa shape index (κ3) is 5.74. The summed E-state index contributed by atoms with van der Waals surface area (Å²) < 4.78 is 19.5. The normalized spacial score (nSPS) is 13.9. The van der Waals surface area contributed by atoms with Crippen molar-refractivity contribution < 1.29 is 18.7 Å². The first-order valence-corrected chi connectivity index (χ1v) is 11.3. The summed E-state index contributed by atoms with van der Waals surface area (Å²) >= 11 is 1.32. The van der Waals surface area contributed by atoms with Crippen LogP contribution in [0.4, 0.5) is 4.39 Å². The molecule has 0 aliphatic rings. The van der Waals surface area contributed by atoms with Crippen molar-refractivity contribution in [2.45, 2.75) is 45.0 Å². The SMILES string of the molecule is CC(C)(C)[Si](C)(C)O[C@@H](CSCC(=O)O)c1ccc(F)cc1. The van der Waals surface area contributed by atoms with E-state index in [-0.39, 0.29) is 22.7 Å². The number of benzene rings is 1. The monoisotopic (exact) mass is 344 g/mol. The maximum atomic E-state index is 13.1. The fraction of sp³-hybridized carbons (Fsp3) is 0.562. The molecule has 0 amide bonds. The molecule has 124 valence electrons. The second kappa shape index (κ2) is 7.61. The molecule has 0 unspecified atom stereocenters. The molecule has 3 nitrogen and oxygen atoms in total. The van der Waals surface area contributed by atoms with Gasteiger partial charge >= 0.3 is 5.97 Å². The summed E-state index contributed by atoms with van der Waals surface area (Å²) in [6.07, 6.45) is -0.217. The molecule has 0 aliphatic carbocycles. The molecule has 1 rings (SSSR count). The Morgan fingerprint density at radius 2 is 1.86 bits per heavy atom. The lowest BCUT2D eigenvalue weighted by atomic mass is 10.1. The maximum absolute atomic E-state index is 13.1. The standard InChI is InChI=1S/C16H25FO3SSi/c1-16(2,3)22(4,5)20-14(10-21-11-15(18)19)12-6-8-13(17)9-7-12/h6-9,14H,10-11H2,1-5H3,(H,18,19)/t14-/m0/s1. The van der Waals surface area contributed by atoms with E-state index >= 15 is 0 Å². The van der Waals surface area contributed by atoms with Crippen molar-refractivity contribution in [3.05, 3.63) is 35.6 Å². The molecular weight excluding hydrogens is 319 g/mol. The molecule has 0 saturated carbocycles. The number of aliphatic carboxylic acids is 1. The Hall–Kier alpha value is -0.853. The zero-order valence-corrected chi connectivity index (χ0v) is 15.7. The Bertz CT molecular complexity index is 497. The van der Waals surface area contributed by atoms with Gasteiger partial charge in [-0.15, -0.1) is 11.8 Å². The summed E-state index contributed by atoms with van der Waals surface area (Å²) in [5.41, 5.74) is 0.893. The second-order valence-corrected chi connectivity index (χ2v) is 12.6. The molecule has 1 N–H and O–H groups in total. The predicted molar refractivity (Wildman–Crippen MR) is 92.4 cm³/mol. The van der Waals surface area contributed by atoms with Crippen LogP contribution in [0.25, 0.3) is 0 Å². The van der Waals surface area contributed by atoms with Crippen molar-refractivity contribution in [2.75, 3.05) is 11.5 Å². The van der Waals surface area contributed by atoms with Crippen LogP contribution in [0.15, 0.2) is 24.3 Å². The smallest absolute Gasteiger partial charge is 0.313 e. The van der Waals surface area contributed by atoms with Crippen molar-refractivity contribution in [2.24, 2.45) is 0 Å². The van der Waals surface area contributed by atoms with E-state index in [1.807, 2.05) is 0 Å². The van der Waals surface area contributed by atoms with E-state index in [0.29, 0.717) is 5.75 Å². The lowest BCUT2D eigenvalue weighted by molar-refractivity contribution is -0.133. The van der Waals surface area contributed by atoms with Gasteiger partial charge in [-0.3, -0.25) is 4.79 Å². The van der Waals surface area contributed by atoms with E-state index < -0.39 is 14.3 Å². The number of rotatable bonds is 7. The van der Waals surface area contributed by atoms with Crippen LogP contribution in [0.2, 0.25) is 18.1 Å². The average Bonchev–Trinajstić information content (AvgIpc) is 2.36. The summed E-state index contributed by atoms with van der Waals surface area (Å²) in [6.45, 7) is 10.8. The van der Waals surface area contributed by atoms with Crippen molar-refractivity contribution in [1.29, 1.82) is 0 Å². The lowest BCUT2D eigenvalue weighted by Gasteiger charge is -2.39. The predicted octanol–water partition coefficient (Wildman–Crippen LogP) is 4.71. The summed E-state index contributed by atoms with van der Waals surface area (Å²) in [7, 11) is -2.00. The molecule has 0 radical (unpaired) electrons. The molecule has 22 heavy (non-hydrogen) atoms. The van der Waals surface area contributed by atoms with Crippen molar-refractivity contribution in [3.63, 3.8) is 0 Å². The molecule has 0 aromatic heterocycles.